The Kier molecular flexibility index (Phi) is 8.58. The normalized spacial score (nSPS) is 42.2. The molecule has 3 saturated carbocycles. The van der Waals surface area contributed by atoms with Crippen molar-refractivity contribution in [2.45, 2.75) is 131 Å². The van der Waals surface area contributed by atoms with E-state index in [1.807, 2.05) is 0 Å². The van der Waals surface area contributed by atoms with Gasteiger partial charge in [-0.3, -0.25) is 5.43 Å². The number of amidine groups is 1. The lowest BCUT2D eigenvalue weighted by Crippen LogP contribution is -2.47. The van der Waals surface area contributed by atoms with Crippen molar-refractivity contribution >= 4 is 5.84 Å². The van der Waals surface area contributed by atoms with Crippen LogP contribution in [0.3, 0.4) is 0 Å². The minimum absolute atomic E-state index is 0.504. The molecular weight excluding hydrogens is 416 g/mol. The third kappa shape index (κ3) is 5.18. The van der Waals surface area contributed by atoms with Crippen molar-refractivity contribution in [2.75, 3.05) is 6.54 Å². The topological polar surface area (TPSA) is 39.7 Å². The number of rotatable bonds is 7. The first kappa shape index (κ1) is 26.3. The summed E-state index contributed by atoms with van der Waals surface area (Å²) in [6.45, 7) is 16.0. The van der Waals surface area contributed by atoms with Crippen LogP contribution < -0.4 is 11.0 Å². The lowest BCUT2D eigenvalue weighted by Gasteiger charge is -2.52. The van der Waals surface area contributed by atoms with Gasteiger partial charge in [-0.15, -0.1) is 10.2 Å². The largest absolute Gasteiger partial charge is 0.286 e. The molecule has 1 aliphatic heterocycles. The summed E-state index contributed by atoms with van der Waals surface area (Å²) in [4.78, 5) is 0. The molecular formula is C30H56N4. The molecule has 5 unspecified atom stereocenters. The molecule has 0 amide bonds. The maximum Gasteiger partial charge on any atom is 0.139 e. The summed E-state index contributed by atoms with van der Waals surface area (Å²) in [6, 6.07) is 0. The molecule has 0 radical (unpaired) electrons. The second kappa shape index (κ2) is 11.1. The highest BCUT2D eigenvalue weighted by molar-refractivity contribution is 5.81. The van der Waals surface area contributed by atoms with Gasteiger partial charge in [-0.05, 0) is 104 Å². The van der Waals surface area contributed by atoms with Gasteiger partial charge in [-0.2, -0.15) is 0 Å². The van der Waals surface area contributed by atoms with Crippen LogP contribution in [0.4, 0.5) is 0 Å². The van der Waals surface area contributed by atoms with Crippen molar-refractivity contribution in [1.82, 2.24) is 16.1 Å². The molecule has 3 fully saturated rings. The van der Waals surface area contributed by atoms with Crippen LogP contribution in [0.25, 0.3) is 0 Å². The molecule has 4 nitrogen and oxygen atoms in total. The summed E-state index contributed by atoms with van der Waals surface area (Å²) in [7, 11) is 0. The van der Waals surface area contributed by atoms with Gasteiger partial charge in [0.25, 0.3) is 0 Å². The van der Waals surface area contributed by atoms with E-state index in [1.165, 1.54) is 83.5 Å². The van der Waals surface area contributed by atoms with Crippen molar-refractivity contribution < 1.29 is 0 Å². The molecule has 34 heavy (non-hydrogen) atoms. The minimum atomic E-state index is 0.504. The summed E-state index contributed by atoms with van der Waals surface area (Å²) in [6.07, 6.45) is 19.9. The van der Waals surface area contributed by atoms with Gasteiger partial charge in [0.1, 0.15) is 5.84 Å². The number of hydrazine groups is 2. The van der Waals surface area contributed by atoms with Crippen LogP contribution >= 0.6 is 0 Å². The number of hydrazone groups is 1. The van der Waals surface area contributed by atoms with Crippen molar-refractivity contribution in [3.8, 4) is 0 Å². The van der Waals surface area contributed by atoms with Gasteiger partial charge in [0.05, 0.1) is 0 Å². The third-order valence-electron chi connectivity index (χ3n) is 11.6. The van der Waals surface area contributed by atoms with Crippen LogP contribution in [0.15, 0.2) is 5.10 Å². The zero-order valence-electron chi connectivity index (χ0n) is 23.5. The van der Waals surface area contributed by atoms with E-state index in [1.54, 1.807) is 0 Å². The first-order valence-electron chi connectivity index (χ1n) is 15.2. The fraction of sp³-hybridized carbons (Fsp3) is 0.967. The fourth-order valence-electron chi connectivity index (χ4n) is 9.39. The monoisotopic (exact) mass is 472 g/mol. The Balaban J connectivity index is 1.46. The molecule has 196 valence electrons. The molecule has 2 N–H and O–H groups in total. The highest BCUT2D eigenvalue weighted by Crippen LogP contribution is 2.60. The van der Waals surface area contributed by atoms with Gasteiger partial charge >= 0.3 is 0 Å². The molecule has 0 aromatic heterocycles. The smallest absolute Gasteiger partial charge is 0.139 e. The molecule has 0 aromatic rings. The average molecular weight is 473 g/mol. The predicted molar refractivity (Wildman–Crippen MR) is 145 cm³/mol. The highest BCUT2D eigenvalue weighted by Gasteiger charge is 2.51. The summed E-state index contributed by atoms with van der Waals surface area (Å²) in [5, 5.41) is 6.56. The van der Waals surface area contributed by atoms with Crippen molar-refractivity contribution in [3.05, 3.63) is 0 Å². The second-order valence-electron chi connectivity index (χ2n) is 13.3. The zero-order valence-corrected chi connectivity index (χ0v) is 23.5. The van der Waals surface area contributed by atoms with Crippen LogP contribution in [-0.2, 0) is 0 Å². The molecule has 8 atom stereocenters. The Morgan fingerprint density at radius 3 is 2.44 bits per heavy atom. The number of fused-ring (bicyclic) bond motifs is 2. The highest BCUT2D eigenvalue weighted by atomic mass is 15.9. The molecule has 4 heteroatoms. The van der Waals surface area contributed by atoms with Gasteiger partial charge in [0.2, 0.25) is 0 Å². The van der Waals surface area contributed by atoms with E-state index in [0.717, 1.165) is 48.4 Å². The first-order chi connectivity index (χ1) is 16.3. The molecule has 4 aliphatic rings. The molecule has 4 rings (SSSR count). The Morgan fingerprint density at radius 1 is 0.971 bits per heavy atom. The summed E-state index contributed by atoms with van der Waals surface area (Å²) in [5.41, 5.74) is 7.76. The van der Waals surface area contributed by atoms with Crippen molar-refractivity contribution in [1.29, 1.82) is 0 Å². The first-order valence-corrected chi connectivity index (χ1v) is 15.2. The molecule has 0 aromatic carbocycles. The molecule has 0 spiro atoms. The quantitative estimate of drug-likeness (QED) is 0.395. The van der Waals surface area contributed by atoms with Crippen LogP contribution in [0.2, 0.25) is 0 Å². The Bertz CT molecular complexity index is 691. The summed E-state index contributed by atoms with van der Waals surface area (Å²) < 4.78 is 0. The van der Waals surface area contributed by atoms with E-state index in [0.29, 0.717) is 16.7 Å². The Labute approximate surface area is 211 Å². The van der Waals surface area contributed by atoms with Crippen molar-refractivity contribution in [3.63, 3.8) is 0 Å². The number of nitrogens with zero attached hydrogens (tertiary/aromatic N) is 2. The van der Waals surface area contributed by atoms with Crippen LogP contribution in [-0.4, -0.2) is 17.5 Å². The van der Waals surface area contributed by atoms with Gasteiger partial charge < -0.3 is 0 Å². The summed E-state index contributed by atoms with van der Waals surface area (Å²) in [5.74, 6) is 6.39. The van der Waals surface area contributed by atoms with Crippen LogP contribution in [0, 0.1) is 46.3 Å². The maximum absolute atomic E-state index is 4.43. The number of hydrogen-bond donors (Lipinski definition) is 2. The van der Waals surface area contributed by atoms with Gasteiger partial charge in [0, 0.05) is 13.0 Å². The van der Waals surface area contributed by atoms with E-state index in [4.69, 9.17) is 0 Å². The number of hydrogen-bond acceptors (Lipinski definition) is 4. The average Bonchev–Trinajstić information content (AvgIpc) is 3.40. The van der Waals surface area contributed by atoms with Gasteiger partial charge in [0.15, 0.2) is 0 Å². The SMILES string of the molecule is CCCC1CC[C@]2(C)C(CC)CC[C@]3(C)C(C(C)CN4NN=C(CC)N4)CC[C@H]3CCCC2C1. The molecule has 1 heterocycles. The lowest BCUT2D eigenvalue weighted by atomic mass is 9.53. The Morgan fingerprint density at radius 2 is 1.74 bits per heavy atom. The van der Waals surface area contributed by atoms with E-state index in [2.05, 4.69) is 62.7 Å². The van der Waals surface area contributed by atoms with E-state index in [9.17, 15) is 0 Å². The maximum atomic E-state index is 4.43. The molecule has 3 aliphatic carbocycles. The lowest BCUT2D eigenvalue weighted by molar-refractivity contribution is -0.0190. The fourth-order valence-corrected chi connectivity index (χ4v) is 9.39. The van der Waals surface area contributed by atoms with Crippen molar-refractivity contribution in [2.24, 2.45) is 51.4 Å². The standard InChI is InChI=1S/C30H56N4/c1-7-11-23-16-18-29(5)24(8-2)17-19-30(6)25(12-10-13-26(29)20-23)14-15-27(30)22(4)21-34-32-28(9-3)31-33-34/h22-27,33H,7-21H2,1-6H3,(H,31,32)/t22?,23?,24?,25-,26?,27?,29-,30+/m1/s1. The van der Waals surface area contributed by atoms with Gasteiger partial charge in [-0.1, -0.05) is 67.2 Å². The second-order valence-corrected chi connectivity index (χ2v) is 13.3. The Hall–Kier alpha value is -0.770. The number of nitrogens with one attached hydrogen (secondary N) is 2. The van der Waals surface area contributed by atoms with Gasteiger partial charge in [-0.25, -0.2) is 5.53 Å². The summed E-state index contributed by atoms with van der Waals surface area (Å²) >= 11 is 0. The molecule has 0 saturated heterocycles. The van der Waals surface area contributed by atoms with E-state index >= 15 is 0 Å². The van der Waals surface area contributed by atoms with E-state index in [-0.39, 0.29) is 0 Å². The van der Waals surface area contributed by atoms with E-state index < -0.39 is 0 Å². The van der Waals surface area contributed by atoms with Crippen LogP contribution in [0.1, 0.15) is 131 Å². The third-order valence-corrected chi connectivity index (χ3v) is 11.6. The predicted octanol–water partition coefficient (Wildman–Crippen LogP) is 7.92. The van der Waals surface area contributed by atoms with Crippen LogP contribution in [0.5, 0.6) is 0 Å². The minimum Gasteiger partial charge on any atom is -0.286 e. The molecule has 0 bridgehead atoms. The zero-order chi connectivity index (χ0) is 24.3.